The fourth-order valence-electron chi connectivity index (χ4n) is 1.16. The van der Waals surface area contributed by atoms with Crippen molar-refractivity contribution in [2.45, 2.75) is 27.7 Å². The maximum Gasteiger partial charge on any atom is 0.0393 e. The van der Waals surface area contributed by atoms with E-state index in [1.54, 1.807) is 0 Å². The quantitative estimate of drug-likeness (QED) is 0.672. The molecular weight excluding hydrogens is 158 g/mol. The van der Waals surface area contributed by atoms with Gasteiger partial charge >= 0.3 is 0 Å². The number of anilines is 1. The molecule has 0 aliphatic carbocycles. The molecule has 1 aromatic carbocycles. The second-order valence-corrected chi connectivity index (χ2v) is 2.80. The highest BCUT2D eigenvalue weighted by Crippen LogP contribution is 2.16. The lowest BCUT2D eigenvalue weighted by Gasteiger charge is -2.18. The van der Waals surface area contributed by atoms with Crippen LogP contribution in [-0.2, 0) is 0 Å². The van der Waals surface area contributed by atoms with Gasteiger partial charge in [0, 0.05) is 19.3 Å². The Balaban J connectivity index is 0.000000671. The lowest BCUT2D eigenvalue weighted by Crippen LogP contribution is -2.16. The molecule has 0 N–H and O–H groups in total. The standard InChI is InChI=1S/C10H15N.C2H6/c1-4-11(3)10-8-6-5-7-9(10)2;1-2/h5-8H,4H2,1-3H3;1-2H3. The van der Waals surface area contributed by atoms with Gasteiger partial charge in [-0.1, -0.05) is 32.0 Å². The van der Waals surface area contributed by atoms with E-state index in [-0.39, 0.29) is 0 Å². The Labute approximate surface area is 82.4 Å². The van der Waals surface area contributed by atoms with Crippen LogP contribution < -0.4 is 4.90 Å². The first kappa shape index (κ1) is 12.0. The normalized spacial score (nSPS) is 8.69. The van der Waals surface area contributed by atoms with Crippen molar-refractivity contribution in [3.05, 3.63) is 29.8 Å². The number of aryl methyl sites for hydroxylation is 1. The van der Waals surface area contributed by atoms with E-state index in [2.05, 4.69) is 50.1 Å². The average Bonchev–Trinajstić information content (AvgIpc) is 2.20. The van der Waals surface area contributed by atoms with E-state index in [1.165, 1.54) is 11.3 Å². The first-order valence-electron chi connectivity index (χ1n) is 5.02. The third-order valence-corrected chi connectivity index (χ3v) is 2.00. The molecule has 0 fully saturated rings. The third kappa shape index (κ3) is 3.49. The number of para-hydroxylation sites is 1. The summed E-state index contributed by atoms with van der Waals surface area (Å²) in [7, 11) is 2.11. The van der Waals surface area contributed by atoms with Gasteiger partial charge in [0.05, 0.1) is 0 Å². The summed E-state index contributed by atoms with van der Waals surface area (Å²) in [4.78, 5) is 2.25. The minimum absolute atomic E-state index is 1.06. The molecular formula is C12H21N. The molecule has 0 spiro atoms. The van der Waals surface area contributed by atoms with Crippen molar-refractivity contribution in [3.8, 4) is 0 Å². The van der Waals surface area contributed by atoms with Gasteiger partial charge in [-0.2, -0.15) is 0 Å². The lowest BCUT2D eigenvalue weighted by molar-refractivity contribution is 0.961. The van der Waals surface area contributed by atoms with Crippen LogP contribution in [0.5, 0.6) is 0 Å². The Kier molecular flexibility index (Phi) is 6.03. The average molecular weight is 179 g/mol. The van der Waals surface area contributed by atoms with Crippen LogP contribution in [0.4, 0.5) is 5.69 Å². The Morgan fingerprint density at radius 2 is 1.69 bits per heavy atom. The van der Waals surface area contributed by atoms with Gasteiger partial charge in [-0.05, 0) is 25.5 Å². The van der Waals surface area contributed by atoms with Crippen LogP contribution in [0.2, 0.25) is 0 Å². The summed E-state index contributed by atoms with van der Waals surface area (Å²) in [5, 5.41) is 0. The molecule has 0 aromatic heterocycles. The molecule has 0 bridgehead atoms. The molecule has 0 aliphatic heterocycles. The SMILES string of the molecule is CC.CCN(C)c1ccccc1C. The monoisotopic (exact) mass is 179 g/mol. The summed E-state index contributed by atoms with van der Waals surface area (Å²) in [6.45, 7) is 9.36. The number of nitrogens with zero attached hydrogens (tertiary/aromatic N) is 1. The van der Waals surface area contributed by atoms with Crippen molar-refractivity contribution in [3.63, 3.8) is 0 Å². The van der Waals surface area contributed by atoms with Crippen molar-refractivity contribution in [2.75, 3.05) is 18.5 Å². The minimum Gasteiger partial charge on any atom is -0.375 e. The van der Waals surface area contributed by atoms with Gasteiger partial charge in [-0.25, -0.2) is 0 Å². The van der Waals surface area contributed by atoms with Crippen molar-refractivity contribution in [2.24, 2.45) is 0 Å². The number of rotatable bonds is 2. The first-order valence-corrected chi connectivity index (χ1v) is 5.02. The second kappa shape index (κ2) is 6.53. The van der Waals surface area contributed by atoms with Crippen LogP contribution in [0.3, 0.4) is 0 Å². The molecule has 1 aromatic rings. The van der Waals surface area contributed by atoms with Crippen LogP contribution in [0.25, 0.3) is 0 Å². The number of hydrogen-bond acceptors (Lipinski definition) is 1. The van der Waals surface area contributed by atoms with Gasteiger partial charge in [-0.3, -0.25) is 0 Å². The largest absolute Gasteiger partial charge is 0.375 e. The van der Waals surface area contributed by atoms with Gasteiger partial charge in [0.25, 0.3) is 0 Å². The Bertz CT molecular complexity index is 230. The van der Waals surface area contributed by atoms with Crippen LogP contribution in [-0.4, -0.2) is 13.6 Å². The minimum atomic E-state index is 1.06. The zero-order valence-corrected chi connectivity index (χ0v) is 9.46. The smallest absolute Gasteiger partial charge is 0.0393 e. The summed E-state index contributed by atoms with van der Waals surface area (Å²) in [5.74, 6) is 0. The predicted octanol–water partition coefficient (Wildman–Crippen LogP) is 3.48. The van der Waals surface area contributed by atoms with Crippen molar-refractivity contribution in [1.29, 1.82) is 0 Å². The van der Waals surface area contributed by atoms with Gasteiger partial charge in [0.2, 0.25) is 0 Å². The van der Waals surface area contributed by atoms with Gasteiger partial charge in [-0.15, -0.1) is 0 Å². The maximum absolute atomic E-state index is 2.25. The van der Waals surface area contributed by atoms with Gasteiger partial charge in [0.1, 0.15) is 0 Å². The zero-order valence-electron chi connectivity index (χ0n) is 9.46. The summed E-state index contributed by atoms with van der Waals surface area (Å²) >= 11 is 0. The topological polar surface area (TPSA) is 3.24 Å². The summed E-state index contributed by atoms with van der Waals surface area (Å²) in [6, 6.07) is 8.44. The molecule has 74 valence electrons. The van der Waals surface area contributed by atoms with Gasteiger partial charge < -0.3 is 4.90 Å². The second-order valence-electron chi connectivity index (χ2n) is 2.80. The van der Waals surface area contributed by atoms with E-state index < -0.39 is 0 Å². The molecule has 0 unspecified atom stereocenters. The molecule has 1 heteroatoms. The molecule has 1 nitrogen and oxygen atoms in total. The third-order valence-electron chi connectivity index (χ3n) is 2.00. The number of benzene rings is 1. The van der Waals surface area contributed by atoms with E-state index in [0.717, 1.165) is 6.54 Å². The van der Waals surface area contributed by atoms with Gasteiger partial charge in [0.15, 0.2) is 0 Å². The predicted molar refractivity (Wildman–Crippen MR) is 61.5 cm³/mol. The van der Waals surface area contributed by atoms with Crippen molar-refractivity contribution in [1.82, 2.24) is 0 Å². The fraction of sp³-hybridized carbons (Fsp3) is 0.500. The first-order chi connectivity index (χ1) is 6.25. The molecule has 0 heterocycles. The van der Waals surface area contributed by atoms with E-state index in [0.29, 0.717) is 0 Å². The fourth-order valence-corrected chi connectivity index (χ4v) is 1.16. The molecule has 0 atom stereocenters. The Morgan fingerprint density at radius 1 is 1.15 bits per heavy atom. The van der Waals surface area contributed by atoms with E-state index in [9.17, 15) is 0 Å². The summed E-state index contributed by atoms with van der Waals surface area (Å²) < 4.78 is 0. The molecule has 1 rings (SSSR count). The van der Waals surface area contributed by atoms with Crippen molar-refractivity contribution >= 4 is 5.69 Å². The highest BCUT2D eigenvalue weighted by atomic mass is 15.1. The molecule has 0 aliphatic rings. The van der Waals surface area contributed by atoms with E-state index >= 15 is 0 Å². The lowest BCUT2D eigenvalue weighted by atomic mass is 10.2. The number of hydrogen-bond donors (Lipinski definition) is 0. The molecule has 13 heavy (non-hydrogen) atoms. The van der Waals surface area contributed by atoms with Crippen LogP contribution in [0.1, 0.15) is 26.3 Å². The van der Waals surface area contributed by atoms with Crippen LogP contribution in [0, 0.1) is 6.92 Å². The molecule has 0 amide bonds. The molecule has 0 saturated carbocycles. The Morgan fingerprint density at radius 3 is 2.15 bits per heavy atom. The molecule has 0 saturated heterocycles. The zero-order chi connectivity index (χ0) is 10.3. The van der Waals surface area contributed by atoms with E-state index in [4.69, 9.17) is 0 Å². The van der Waals surface area contributed by atoms with Crippen LogP contribution >= 0.6 is 0 Å². The Hall–Kier alpha value is -0.980. The highest BCUT2D eigenvalue weighted by Gasteiger charge is 1.98. The van der Waals surface area contributed by atoms with Crippen molar-refractivity contribution < 1.29 is 0 Å². The van der Waals surface area contributed by atoms with Crippen LogP contribution in [0.15, 0.2) is 24.3 Å². The summed E-state index contributed by atoms with van der Waals surface area (Å²) in [5.41, 5.74) is 2.67. The van der Waals surface area contributed by atoms with E-state index in [1.807, 2.05) is 13.8 Å². The maximum atomic E-state index is 2.25. The summed E-state index contributed by atoms with van der Waals surface area (Å²) in [6.07, 6.45) is 0. The highest BCUT2D eigenvalue weighted by molar-refractivity contribution is 5.51. The molecule has 0 radical (unpaired) electrons.